The Balaban J connectivity index is 4.76. The Kier molecular flexibility index (Phi) is 44.6. The van der Waals surface area contributed by atoms with Gasteiger partial charge in [0, 0.05) is 12.6 Å². The van der Waals surface area contributed by atoms with Crippen LogP contribution in [-0.2, 0) is 4.74 Å². The first kappa shape index (κ1) is 53.8. The zero-order valence-electron chi connectivity index (χ0n) is 38.5. The minimum atomic E-state index is 0.666. The van der Waals surface area contributed by atoms with E-state index in [0.717, 1.165) is 32.7 Å². The van der Waals surface area contributed by atoms with Gasteiger partial charge in [0.05, 0.1) is 13.3 Å². The van der Waals surface area contributed by atoms with E-state index in [9.17, 15) is 0 Å². The molecule has 0 heterocycles. The van der Waals surface area contributed by atoms with Crippen molar-refractivity contribution in [2.45, 2.75) is 239 Å². The zero-order chi connectivity index (χ0) is 40.1. The Morgan fingerprint density at radius 3 is 1.25 bits per heavy atom. The smallest absolute Gasteiger partial charge is 0.0992 e. The maximum atomic E-state index is 6.58. The van der Waals surface area contributed by atoms with E-state index >= 15 is 0 Å². The molecule has 3 nitrogen and oxygen atoms in total. The third-order valence-corrected chi connectivity index (χ3v) is 11.4. The van der Waals surface area contributed by atoms with Crippen LogP contribution in [0.3, 0.4) is 0 Å². The molecule has 0 aromatic rings. The molecule has 0 saturated heterocycles. The van der Waals surface area contributed by atoms with Crippen LogP contribution in [0.15, 0.2) is 48.6 Å². The van der Waals surface area contributed by atoms with Gasteiger partial charge in [-0.05, 0) is 116 Å². The van der Waals surface area contributed by atoms with Crippen LogP contribution >= 0.6 is 0 Å². The molecule has 0 fully saturated rings. The van der Waals surface area contributed by atoms with E-state index in [1.807, 2.05) is 0 Å². The molecule has 3 heteroatoms. The Labute approximate surface area is 347 Å². The van der Waals surface area contributed by atoms with Crippen molar-refractivity contribution in [3.63, 3.8) is 0 Å². The fraction of sp³-hybridized carbons (Fsp3) is 0.846. The minimum absolute atomic E-state index is 0.666. The highest BCUT2D eigenvalue weighted by Crippen LogP contribution is 2.21. The van der Waals surface area contributed by atoms with E-state index in [-0.39, 0.29) is 0 Å². The SMILES string of the molecule is CCCCC/C=C\C/C=C\CCCCCCCCC(CCCCCCCC/C=C\C/C=C\CCCCC)N(CCCN(C)C)COCC(CC)CCCCC. The van der Waals surface area contributed by atoms with Crippen LogP contribution in [0.25, 0.3) is 0 Å². The van der Waals surface area contributed by atoms with Crippen molar-refractivity contribution >= 4 is 0 Å². The van der Waals surface area contributed by atoms with Crippen LogP contribution in [0, 0.1) is 5.92 Å². The second-order valence-electron chi connectivity index (χ2n) is 17.1. The van der Waals surface area contributed by atoms with Crippen LogP contribution in [0.4, 0.5) is 0 Å². The van der Waals surface area contributed by atoms with E-state index in [0.29, 0.717) is 12.0 Å². The molecular weight excluding hydrogens is 669 g/mol. The molecule has 0 aromatic heterocycles. The fourth-order valence-electron chi connectivity index (χ4n) is 7.61. The van der Waals surface area contributed by atoms with Crippen LogP contribution in [0.1, 0.15) is 233 Å². The number of hydrogen-bond acceptors (Lipinski definition) is 3. The third-order valence-electron chi connectivity index (χ3n) is 11.4. The maximum Gasteiger partial charge on any atom is 0.0992 e. The Bertz CT molecular complexity index is 797. The maximum absolute atomic E-state index is 6.58. The highest BCUT2D eigenvalue weighted by Gasteiger charge is 2.19. The molecule has 0 rings (SSSR count). The average Bonchev–Trinajstić information content (AvgIpc) is 3.18. The summed E-state index contributed by atoms with van der Waals surface area (Å²) in [6.07, 6.45) is 61.3. The van der Waals surface area contributed by atoms with Gasteiger partial charge in [0.2, 0.25) is 0 Å². The number of allylic oxidation sites excluding steroid dienone is 8. The summed E-state index contributed by atoms with van der Waals surface area (Å²) in [6, 6.07) is 0.666. The molecule has 0 amide bonds. The largest absolute Gasteiger partial charge is 0.366 e. The molecule has 1 atom stereocenters. The zero-order valence-corrected chi connectivity index (χ0v) is 38.5. The third kappa shape index (κ3) is 40.8. The Morgan fingerprint density at radius 1 is 0.418 bits per heavy atom. The normalized spacial score (nSPS) is 13.2. The summed E-state index contributed by atoms with van der Waals surface area (Å²) in [4.78, 5) is 5.11. The summed E-state index contributed by atoms with van der Waals surface area (Å²) >= 11 is 0. The lowest BCUT2D eigenvalue weighted by Crippen LogP contribution is -2.39. The van der Waals surface area contributed by atoms with Gasteiger partial charge in [0.15, 0.2) is 0 Å². The molecule has 0 aromatic carbocycles. The highest BCUT2D eigenvalue weighted by molar-refractivity contribution is 4.93. The molecule has 324 valence electrons. The molecule has 0 saturated carbocycles. The number of hydrogen-bond donors (Lipinski definition) is 0. The van der Waals surface area contributed by atoms with Crippen LogP contribution < -0.4 is 0 Å². The second-order valence-corrected chi connectivity index (χ2v) is 17.1. The summed E-state index contributed by atoms with van der Waals surface area (Å²) in [6.45, 7) is 13.3. The molecule has 1 unspecified atom stereocenters. The minimum Gasteiger partial charge on any atom is -0.366 e. The van der Waals surface area contributed by atoms with Crippen LogP contribution in [0.5, 0.6) is 0 Å². The van der Waals surface area contributed by atoms with Crippen molar-refractivity contribution in [1.82, 2.24) is 9.80 Å². The van der Waals surface area contributed by atoms with Crippen LogP contribution in [0.2, 0.25) is 0 Å². The lowest BCUT2D eigenvalue weighted by Gasteiger charge is -2.33. The van der Waals surface area contributed by atoms with Gasteiger partial charge in [-0.1, -0.05) is 192 Å². The lowest BCUT2D eigenvalue weighted by atomic mass is 9.98. The first-order valence-corrected chi connectivity index (χ1v) is 24.6. The Hall–Kier alpha value is -1.16. The van der Waals surface area contributed by atoms with E-state index in [4.69, 9.17) is 4.74 Å². The predicted molar refractivity (Wildman–Crippen MR) is 250 cm³/mol. The number of rotatable bonds is 44. The fourth-order valence-corrected chi connectivity index (χ4v) is 7.61. The molecule has 55 heavy (non-hydrogen) atoms. The standard InChI is InChI=1S/C52H100N2O/c1-7-11-14-16-18-20-22-24-26-28-30-32-34-36-38-41-45-52(46-42-39-37-35-33-31-29-27-25-23-21-19-17-15-12-8-2)54(48-43-47-53(5)6)50-55-49-51(10-4)44-40-13-9-3/h18-21,24-27,51-52H,7-17,22-23,28-50H2,1-6H3/b20-18-,21-19-,26-24-,27-25-. The van der Waals surface area contributed by atoms with Crippen molar-refractivity contribution in [3.8, 4) is 0 Å². The predicted octanol–water partition coefficient (Wildman–Crippen LogP) is 16.6. The van der Waals surface area contributed by atoms with Crippen molar-refractivity contribution in [2.24, 2.45) is 5.92 Å². The molecule has 0 spiro atoms. The summed E-state index contributed by atoms with van der Waals surface area (Å²) in [7, 11) is 4.43. The monoisotopic (exact) mass is 769 g/mol. The van der Waals surface area contributed by atoms with Crippen LogP contribution in [-0.4, -0.2) is 56.4 Å². The summed E-state index contributed by atoms with van der Waals surface area (Å²) in [5.41, 5.74) is 0. The van der Waals surface area contributed by atoms with Gasteiger partial charge in [-0.25, -0.2) is 0 Å². The first-order chi connectivity index (χ1) is 27.1. The number of unbranched alkanes of at least 4 members (excludes halogenated alkanes) is 20. The summed E-state index contributed by atoms with van der Waals surface area (Å²) in [5.74, 6) is 0.717. The van der Waals surface area contributed by atoms with Gasteiger partial charge in [-0.2, -0.15) is 0 Å². The topological polar surface area (TPSA) is 15.7 Å². The molecule has 0 bridgehead atoms. The first-order valence-electron chi connectivity index (χ1n) is 24.6. The van der Waals surface area contributed by atoms with E-state index in [1.165, 1.54) is 199 Å². The van der Waals surface area contributed by atoms with E-state index in [1.54, 1.807) is 0 Å². The molecule has 0 aliphatic rings. The van der Waals surface area contributed by atoms with Gasteiger partial charge in [0.25, 0.3) is 0 Å². The van der Waals surface area contributed by atoms with E-state index < -0.39 is 0 Å². The van der Waals surface area contributed by atoms with Gasteiger partial charge in [0.1, 0.15) is 0 Å². The molecule has 0 aliphatic carbocycles. The molecule has 0 aliphatic heterocycles. The number of nitrogens with zero attached hydrogens (tertiary/aromatic N) is 2. The summed E-state index contributed by atoms with van der Waals surface area (Å²) < 4.78 is 6.58. The van der Waals surface area contributed by atoms with Gasteiger partial charge in [-0.3, -0.25) is 4.90 Å². The van der Waals surface area contributed by atoms with Gasteiger partial charge >= 0.3 is 0 Å². The quantitative estimate of drug-likeness (QED) is 0.0349. The Morgan fingerprint density at radius 2 is 0.818 bits per heavy atom. The highest BCUT2D eigenvalue weighted by atomic mass is 16.5. The summed E-state index contributed by atoms with van der Waals surface area (Å²) in [5, 5.41) is 0. The second kappa shape index (κ2) is 45.5. The number of ether oxygens (including phenoxy) is 1. The van der Waals surface area contributed by atoms with Crippen molar-refractivity contribution in [2.75, 3.05) is 40.5 Å². The molecule has 0 N–H and O–H groups in total. The average molecular weight is 769 g/mol. The van der Waals surface area contributed by atoms with Gasteiger partial charge < -0.3 is 9.64 Å². The van der Waals surface area contributed by atoms with Crippen molar-refractivity contribution < 1.29 is 4.74 Å². The van der Waals surface area contributed by atoms with E-state index in [2.05, 4.69) is 100 Å². The van der Waals surface area contributed by atoms with Crippen molar-refractivity contribution in [1.29, 1.82) is 0 Å². The van der Waals surface area contributed by atoms with Gasteiger partial charge in [-0.15, -0.1) is 0 Å². The molecule has 0 radical (unpaired) electrons. The van der Waals surface area contributed by atoms with Crippen molar-refractivity contribution in [3.05, 3.63) is 48.6 Å². The lowest BCUT2D eigenvalue weighted by molar-refractivity contribution is -0.0174. The molecular formula is C52H100N2O.